The largest absolute Gasteiger partial charge is 0.316 e. The van der Waals surface area contributed by atoms with E-state index in [0.29, 0.717) is 20.9 Å². The molecule has 2 saturated heterocycles. The van der Waals surface area contributed by atoms with Crippen LogP contribution in [-0.2, 0) is 14.6 Å². The van der Waals surface area contributed by atoms with E-state index >= 15 is 0 Å². The highest BCUT2D eigenvalue weighted by Gasteiger charge is 2.49. The number of thioether (sulfide) groups is 1. The van der Waals surface area contributed by atoms with Crippen LogP contribution in [0.25, 0.3) is 0 Å². The van der Waals surface area contributed by atoms with Gasteiger partial charge in [0.05, 0.1) is 27.6 Å². The first-order valence-corrected chi connectivity index (χ1v) is 11.0. The molecule has 128 valence electrons. The molecule has 1 amide bonds. The third kappa shape index (κ3) is 3.07. The number of amides is 1. The first kappa shape index (κ1) is 16.7. The topological polar surface area (TPSA) is 66.8 Å². The normalized spacial score (nSPS) is 29.9. The summed E-state index contributed by atoms with van der Waals surface area (Å²) in [6.07, 6.45) is 1.77. The van der Waals surface area contributed by atoms with Gasteiger partial charge in [-0.25, -0.2) is 8.42 Å². The number of nitrogens with zero attached hydrogens (tertiary/aromatic N) is 2. The third-order valence-electron chi connectivity index (χ3n) is 4.38. The van der Waals surface area contributed by atoms with E-state index in [1.54, 1.807) is 18.2 Å². The highest BCUT2D eigenvalue weighted by Crippen LogP contribution is 2.42. The molecule has 1 saturated carbocycles. The van der Waals surface area contributed by atoms with Crippen molar-refractivity contribution < 1.29 is 13.2 Å². The Bertz CT molecular complexity index is 852. The molecule has 5 nitrogen and oxygen atoms in total. The van der Waals surface area contributed by atoms with Crippen molar-refractivity contribution in [3.8, 4) is 0 Å². The van der Waals surface area contributed by atoms with Gasteiger partial charge in [-0.05, 0) is 31.0 Å². The van der Waals surface area contributed by atoms with E-state index in [9.17, 15) is 13.2 Å². The lowest BCUT2D eigenvalue weighted by atomic mass is 10.2. The minimum Gasteiger partial charge on any atom is -0.316 e. The Morgan fingerprint density at radius 1 is 1.21 bits per heavy atom. The molecule has 9 heteroatoms. The maximum atomic E-state index is 12.1. The fourth-order valence-electron chi connectivity index (χ4n) is 3.02. The van der Waals surface area contributed by atoms with Crippen molar-refractivity contribution in [1.29, 1.82) is 0 Å². The fraction of sp³-hybridized carbons (Fsp3) is 0.467. The van der Waals surface area contributed by atoms with Crippen LogP contribution in [-0.4, -0.2) is 42.3 Å². The van der Waals surface area contributed by atoms with E-state index in [2.05, 4.69) is 4.99 Å². The number of carbonyl (C=O) groups is 1. The van der Waals surface area contributed by atoms with Gasteiger partial charge in [0.1, 0.15) is 0 Å². The number of anilines is 1. The summed E-state index contributed by atoms with van der Waals surface area (Å²) in [6.45, 7) is 0. The Morgan fingerprint density at radius 3 is 2.62 bits per heavy atom. The summed E-state index contributed by atoms with van der Waals surface area (Å²) in [6, 6.07) is 4.90. The molecule has 1 aromatic rings. The van der Waals surface area contributed by atoms with Gasteiger partial charge < -0.3 is 4.90 Å². The number of halogens is 2. The van der Waals surface area contributed by atoms with Gasteiger partial charge in [-0.1, -0.05) is 35.0 Å². The SMILES string of the molecule is O=C(N=C1S[C@@H]2CS(=O)(=O)C[C@@H]2N1c1ccc(Cl)c(Cl)c1)C1CC1. The zero-order valence-electron chi connectivity index (χ0n) is 12.5. The molecule has 24 heavy (non-hydrogen) atoms. The van der Waals surface area contributed by atoms with Gasteiger partial charge in [0.2, 0.25) is 0 Å². The van der Waals surface area contributed by atoms with Gasteiger partial charge in [0.25, 0.3) is 5.91 Å². The second-order valence-electron chi connectivity index (χ2n) is 6.28. The second kappa shape index (κ2) is 5.90. The lowest BCUT2D eigenvalue weighted by Crippen LogP contribution is -2.37. The number of aliphatic imine (C=N–C) groups is 1. The van der Waals surface area contributed by atoms with Gasteiger partial charge in [0.15, 0.2) is 15.0 Å². The number of carbonyl (C=O) groups excluding carboxylic acids is 1. The molecular formula is C15H14Cl2N2O3S2. The van der Waals surface area contributed by atoms with Crippen LogP contribution in [0, 0.1) is 5.92 Å². The highest BCUT2D eigenvalue weighted by atomic mass is 35.5. The fourth-order valence-corrected chi connectivity index (χ4v) is 7.23. The van der Waals surface area contributed by atoms with Gasteiger partial charge in [0, 0.05) is 16.9 Å². The molecule has 3 fully saturated rings. The minimum atomic E-state index is -3.08. The summed E-state index contributed by atoms with van der Waals surface area (Å²) in [7, 11) is -3.08. The summed E-state index contributed by atoms with van der Waals surface area (Å²) in [5.41, 5.74) is 0.712. The Morgan fingerprint density at radius 2 is 1.96 bits per heavy atom. The number of fused-ring (bicyclic) bond motifs is 1. The number of benzene rings is 1. The number of sulfone groups is 1. The summed E-state index contributed by atoms with van der Waals surface area (Å²) >= 11 is 13.5. The standard InChI is InChI=1S/C15H14Cl2N2O3S2/c16-10-4-3-9(5-11(10)17)19-12-6-24(21,22)7-13(12)23-15(19)18-14(20)8-1-2-8/h3-5,8,12-13H,1-2,6-7H2/t12-,13+/m0/s1. The van der Waals surface area contributed by atoms with Gasteiger partial charge in [-0.15, -0.1) is 0 Å². The molecule has 0 aromatic heterocycles. The lowest BCUT2D eigenvalue weighted by Gasteiger charge is -2.24. The molecule has 1 aliphatic carbocycles. The van der Waals surface area contributed by atoms with E-state index in [-0.39, 0.29) is 34.6 Å². The monoisotopic (exact) mass is 404 g/mol. The van der Waals surface area contributed by atoms with Crippen molar-refractivity contribution in [2.45, 2.75) is 24.1 Å². The van der Waals surface area contributed by atoms with Crippen molar-refractivity contribution in [3.63, 3.8) is 0 Å². The van der Waals surface area contributed by atoms with Crippen LogP contribution in [0.1, 0.15) is 12.8 Å². The molecule has 2 atom stereocenters. The summed E-state index contributed by atoms with van der Waals surface area (Å²) in [5, 5.41) is 1.26. The first-order chi connectivity index (χ1) is 11.3. The summed E-state index contributed by atoms with van der Waals surface area (Å²) in [5.74, 6) is 0.0709. The van der Waals surface area contributed by atoms with Crippen LogP contribution in [0.5, 0.6) is 0 Å². The molecule has 0 radical (unpaired) electrons. The zero-order chi connectivity index (χ0) is 17.1. The van der Waals surface area contributed by atoms with Crippen LogP contribution in [0.3, 0.4) is 0 Å². The van der Waals surface area contributed by atoms with E-state index < -0.39 is 9.84 Å². The molecule has 0 spiro atoms. The molecule has 0 unspecified atom stereocenters. The van der Waals surface area contributed by atoms with E-state index in [1.807, 2.05) is 4.90 Å². The van der Waals surface area contributed by atoms with Gasteiger partial charge >= 0.3 is 0 Å². The lowest BCUT2D eigenvalue weighted by molar-refractivity contribution is -0.118. The van der Waals surface area contributed by atoms with Gasteiger partial charge in [-0.3, -0.25) is 4.79 Å². The third-order valence-corrected chi connectivity index (χ3v) is 8.33. The average molecular weight is 405 g/mol. The predicted molar refractivity (Wildman–Crippen MR) is 97.9 cm³/mol. The quantitative estimate of drug-likeness (QED) is 0.757. The van der Waals surface area contributed by atoms with Crippen molar-refractivity contribution in [2.75, 3.05) is 16.4 Å². The molecular weight excluding hydrogens is 391 g/mol. The number of hydrogen-bond donors (Lipinski definition) is 0. The van der Waals surface area contributed by atoms with Gasteiger partial charge in [-0.2, -0.15) is 4.99 Å². The number of rotatable bonds is 2. The Kier molecular flexibility index (Phi) is 4.10. The molecule has 4 rings (SSSR count). The molecule has 2 heterocycles. The average Bonchev–Trinajstić information content (AvgIpc) is 3.23. The van der Waals surface area contributed by atoms with Crippen LogP contribution in [0.4, 0.5) is 5.69 Å². The second-order valence-corrected chi connectivity index (χ2v) is 10.5. The first-order valence-electron chi connectivity index (χ1n) is 7.58. The maximum absolute atomic E-state index is 12.1. The Hall–Kier alpha value is -0.760. The van der Waals surface area contributed by atoms with Crippen molar-refractivity contribution in [2.24, 2.45) is 10.9 Å². The van der Waals surface area contributed by atoms with E-state index in [0.717, 1.165) is 12.8 Å². The van der Waals surface area contributed by atoms with Crippen LogP contribution in [0.15, 0.2) is 23.2 Å². The Balaban J connectivity index is 1.74. The molecule has 1 aromatic carbocycles. The predicted octanol–water partition coefficient (Wildman–Crippen LogP) is 3.00. The maximum Gasteiger partial charge on any atom is 0.251 e. The molecule has 0 bridgehead atoms. The summed E-state index contributed by atoms with van der Waals surface area (Å²) < 4.78 is 24.0. The molecule has 3 aliphatic rings. The van der Waals surface area contributed by atoms with Crippen LogP contribution in [0.2, 0.25) is 10.0 Å². The number of amidine groups is 1. The van der Waals surface area contributed by atoms with Crippen LogP contribution >= 0.6 is 35.0 Å². The van der Waals surface area contributed by atoms with Crippen molar-refractivity contribution in [3.05, 3.63) is 28.2 Å². The molecule has 0 N–H and O–H groups in total. The zero-order valence-corrected chi connectivity index (χ0v) is 15.6. The molecule has 2 aliphatic heterocycles. The van der Waals surface area contributed by atoms with Crippen molar-refractivity contribution >= 4 is 61.6 Å². The van der Waals surface area contributed by atoms with E-state index in [1.165, 1.54) is 11.8 Å². The highest BCUT2D eigenvalue weighted by molar-refractivity contribution is 8.16. The van der Waals surface area contributed by atoms with E-state index in [4.69, 9.17) is 23.2 Å². The minimum absolute atomic E-state index is 0.0259. The van der Waals surface area contributed by atoms with Crippen molar-refractivity contribution in [1.82, 2.24) is 0 Å². The Labute approximate surface area is 154 Å². The summed E-state index contributed by atoms with van der Waals surface area (Å²) in [4.78, 5) is 18.2. The van der Waals surface area contributed by atoms with Crippen LogP contribution < -0.4 is 4.90 Å². The smallest absolute Gasteiger partial charge is 0.251 e. The number of hydrogen-bond acceptors (Lipinski definition) is 4.